The molecule has 1 aliphatic rings. The maximum Gasteiger partial charge on any atom is 0.320 e. The molecule has 0 aliphatic carbocycles. The number of amides is 1. The van der Waals surface area contributed by atoms with E-state index in [1.807, 2.05) is 18.7 Å². The van der Waals surface area contributed by atoms with Crippen molar-refractivity contribution in [3.05, 3.63) is 6.33 Å². The summed E-state index contributed by atoms with van der Waals surface area (Å²) in [7, 11) is -2.96. The zero-order valence-corrected chi connectivity index (χ0v) is 26.8. The number of fused-ring (bicyclic) bond motifs is 1. The minimum Gasteiger partial charge on any atom is -0.480 e. The zero-order chi connectivity index (χ0) is 33.3. The summed E-state index contributed by atoms with van der Waals surface area (Å²) in [4.78, 5) is 38.2. The number of hydrogen-bond acceptors (Lipinski definition) is 14. The number of hydrogen-bond donors (Lipinski definition) is 7. The predicted octanol–water partition coefficient (Wildman–Crippen LogP) is -0.937. The highest BCUT2D eigenvalue weighted by Gasteiger charge is 2.45. The fourth-order valence-corrected chi connectivity index (χ4v) is 5.73. The number of anilines is 2. The Bertz CT molecular complexity index is 1390. The SMILES string of the molecule is CC(C)N(CC[C@H](N)C(=O)O)C[C@H]1OC(n2cnc3c(N)nc(NCCNC(=O)CCCCCCS(C)(=O)=O)nc32)[C@H](O)[C@@H]1O. The number of nitrogens with zero attached hydrogens (tertiary/aromatic N) is 5. The Balaban J connectivity index is 1.55. The highest BCUT2D eigenvalue weighted by atomic mass is 32.2. The third-order valence-corrected chi connectivity index (χ3v) is 8.68. The molecule has 2 aromatic rings. The molecule has 3 rings (SSSR count). The number of rotatable bonds is 19. The number of nitrogens with one attached hydrogen (secondary N) is 2. The first kappa shape index (κ1) is 36.3. The summed E-state index contributed by atoms with van der Waals surface area (Å²) in [5.74, 6) is -0.787. The van der Waals surface area contributed by atoms with Crippen molar-refractivity contribution in [2.24, 2.45) is 5.73 Å². The number of aromatic nitrogens is 4. The van der Waals surface area contributed by atoms with Crippen molar-refractivity contribution in [1.82, 2.24) is 29.7 Å². The van der Waals surface area contributed by atoms with Crippen LogP contribution in [0.1, 0.15) is 58.6 Å². The van der Waals surface area contributed by atoms with E-state index < -0.39 is 46.4 Å². The fourth-order valence-electron chi connectivity index (χ4n) is 5.00. The van der Waals surface area contributed by atoms with Crippen molar-refractivity contribution < 1.29 is 38.1 Å². The normalized spacial score (nSPS) is 21.1. The number of nitrogens with two attached hydrogens (primary N) is 2. The monoisotopic (exact) mass is 657 g/mol. The van der Waals surface area contributed by atoms with Gasteiger partial charge in [-0.1, -0.05) is 12.8 Å². The van der Waals surface area contributed by atoms with E-state index in [-0.39, 0.29) is 53.6 Å². The Morgan fingerprint density at radius 1 is 1.13 bits per heavy atom. The summed E-state index contributed by atoms with van der Waals surface area (Å²) < 4.78 is 29.9. The number of carbonyl (C=O) groups is 2. The number of unbranched alkanes of at least 4 members (excludes halogenated alkanes) is 3. The number of imidazole rings is 1. The summed E-state index contributed by atoms with van der Waals surface area (Å²) in [6.07, 6.45) is 1.57. The number of aliphatic carboxylic acids is 1. The molecule has 0 radical (unpaired) electrons. The fraction of sp³-hybridized carbons (Fsp3) is 0.741. The van der Waals surface area contributed by atoms with E-state index in [9.17, 15) is 28.2 Å². The lowest BCUT2D eigenvalue weighted by molar-refractivity contribution is -0.138. The van der Waals surface area contributed by atoms with E-state index in [0.717, 1.165) is 12.8 Å². The summed E-state index contributed by atoms with van der Waals surface area (Å²) in [6, 6.07) is -1.02. The topological polar surface area (TPSA) is 261 Å². The average molecular weight is 658 g/mol. The molecule has 9 N–H and O–H groups in total. The Kier molecular flexibility index (Phi) is 13.2. The van der Waals surface area contributed by atoms with Gasteiger partial charge in [-0.2, -0.15) is 9.97 Å². The van der Waals surface area contributed by atoms with Gasteiger partial charge in [0.05, 0.1) is 6.33 Å². The molecule has 0 aromatic carbocycles. The van der Waals surface area contributed by atoms with Crippen LogP contribution in [-0.2, 0) is 24.2 Å². The van der Waals surface area contributed by atoms with Crippen LogP contribution in [0.15, 0.2) is 6.33 Å². The first-order chi connectivity index (χ1) is 21.2. The van der Waals surface area contributed by atoms with Gasteiger partial charge in [0.15, 0.2) is 17.7 Å². The largest absolute Gasteiger partial charge is 0.480 e. The van der Waals surface area contributed by atoms with Gasteiger partial charge in [0.2, 0.25) is 11.9 Å². The maximum absolute atomic E-state index is 12.1. The molecule has 3 heterocycles. The molecule has 18 heteroatoms. The molecule has 0 saturated carbocycles. The van der Waals surface area contributed by atoms with Gasteiger partial charge in [0.1, 0.15) is 39.7 Å². The van der Waals surface area contributed by atoms with Crippen molar-refractivity contribution >= 4 is 44.6 Å². The molecule has 1 saturated heterocycles. The molecular weight excluding hydrogens is 610 g/mol. The molecule has 1 fully saturated rings. The van der Waals surface area contributed by atoms with Crippen LogP contribution in [0.4, 0.5) is 11.8 Å². The first-order valence-electron chi connectivity index (χ1n) is 15.1. The van der Waals surface area contributed by atoms with Crippen LogP contribution < -0.4 is 22.1 Å². The van der Waals surface area contributed by atoms with Gasteiger partial charge in [-0.05, 0) is 33.1 Å². The zero-order valence-electron chi connectivity index (χ0n) is 26.0. The van der Waals surface area contributed by atoms with Crippen molar-refractivity contribution in [1.29, 1.82) is 0 Å². The van der Waals surface area contributed by atoms with Crippen LogP contribution in [-0.4, -0.2) is 129 Å². The smallest absolute Gasteiger partial charge is 0.320 e. The van der Waals surface area contributed by atoms with E-state index in [4.69, 9.17) is 21.3 Å². The number of nitrogen functional groups attached to an aromatic ring is 1. The molecule has 17 nitrogen and oxygen atoms in total. The van der Waals surface area contributed by atoms with Gasteiger partial charge < -0.3 is 42.2 Å². The van der Waals surface area contributed by atoms with E-state index >= 15 is 0 Å². The van der Waals surface area contributed by atoms with Gasteiger partial charge in [-0.3, -0.25) is 19.1 Å². The van der Waals surface area contributed by atoms with Crippen molar-refractivity contribution in [3.63, 3.8) is 0 Å². The van der Waals surface area contributed by atoms with Gasteiger partial charge in [-0.25, -0.2) is 13.4 Å². The van der Waals surface area contributed by atoms with Crippen LogP contribution >= 0.6 is 0 Å². The van der Waals surface area contributed by atoms with Crippen LogP contribution in [0.25, 0.3) is 11.2 Å². The van der Waals surface area contributed by atoms with E-state index in [2.05, 4.69) is 25.6 Å². The van der Waals surface area contributed by atoms with Gasteiger partial charge in [0.25, 0.3) is 0 Å². The number of carboxylic acids is 1. The highest BCUT2D eigenvalue weighted by molar-refractivity contribution is 7.90. The number of ether oxygens (including phenoxy) is 1. The number of aliphatic hydroxyl groups excluding tert-OH is 2. The third kappa shape index (κ3) is 10.7. The van der Waals surface area contributed by atoms with Crippen LogP contribution in [0.2, 0.25) is 0 Å². The number of aliphatic hydroxyl groups is 2. The van der Waals surface area contributed by atoms with Crippen LogP contribution in [0, 0.1) is 0 Å². The third-order valence-electron chi connectivity index (χ3n) is 7.65. The summed E-state index contributed by atoms with van der Waals surface area (Å²) in [6.45, 7) is 5.05. The Morgan fingerprint density at radius 3 is 2.51 bits per heavy atom. The van der Waals surface area contributed by atoms with Crippen molar-refractivity contribution in [3.8, 4) is 0 Å². The molecule has 0 spiro atoms. The van der Waals surface area contributed by atoms with Crippen molar-refractivity contribution in [2.75, 3.05) is 49.2 Å². The lowest BCUT2D eigenvalue weighted by atomic mass is 10.1. The second kappa shape index (κ2) is 16.4. The molecule has 45 heavy (non-hydrogen) atoms. The summed E-state index contributed by atoms with van der Waals surface area (Å²) in [5.41, 5.74) is 12.3. The van der Waals surface area contributed by atoms with Crippen LogP contribution in [0.3, 0.4) is 0 Å². The summed E-state index contributed by atoms with van der Waals surface area (Å²) in [5, 5.41) is 36.7. The molecule has 1 unspecified atom stereocenters. The van der Waals surface area contributed by atoms with Gasteiger partial charge in [-0.15, -0.1) is 0 Å². The van der Waals surface area contributed by atoms with E-state index in [1.54, 1.807) is 0 Å². The lowest BCUT2D eigenvalue weighted by Gasteiger charge is -2.30. The molecule has 1 aliphatic heterocycles. The van der Waals surface area contributed by atoms with Crippen LogP contribution in [0.5, 0.6) is 0 Å². The average Bonchev–Trinajstić information content (AvgIpc) is 3.50. The molecule has 2 aromatic heterocycles. The standard InChI is InChI=1S/C27H47N9O8S/c1-16(2)35(12-9-17(28)26(40)41)14-18-21(38)22(39)25(44-18)36-15-32-20-23(29)33-27(34-24(20)36)31-11-10-30-19(37)8-6-4-5-7-13-45(3,42)43/h15-18,21-22,25,38-39H,4-14,28H2,1-3H3,(H,30,37)(H,40,41)(H3,29,31,33,34)/t17-,18+,21+,22+,25?/m0/s1. The van der Waals surface area contributed by atoms with E-state index in [0.29, 0.717) is 38.9 Å². The Hall–Kier alpha value is -3.16. The number of carbonyl (C=O) groups excluding carboxylic acids is 1. The Labute approximate surface area is 262 Å². The van der Waals surface area contributed by atoms with Crippen molar-refractivity contribution in [2.45, 2.75) is 89.0 Å². The molecule has 254 valence electrons. The molecular formula is C27H47N9O8S. The first-order valence-corrected chi connectivity index (χ1v) is 17.2. The predicted molar refractivity (Wildman–Crippen MR) is 167 cm³/mol. The minimum atomic E-state index is -2.96. The lowest BCUT2D eigenvalue weighted by Crippen LogP contribution is -2.45. The summed E-state index contributed by atoms with van der Waals surface area (Å²) >= 11 is 0. The highest BCUT2D eigenvalue weighted by Crippen LogP contribution is 2.33. The second-order valence-corrected chi connectivity index (χ2v) is 14.0. The Morgan fingerprint density at radius 2 is 1.84 bits per heavy atom. The number of sulfone groups is 1. The maximum atomic E-state index is 12.1. The van der Waals surface area contributed by atoms with E-state index in [1.165, 1.54) is 17.2 Å². The van der Waals surface area contributed by atoms with Gasteiger partial charge in [0, 0.05) is 50.7 Å². The second-order valence-electron chi connectivity index (χ2n) is 11.7. The minimum absolute atomic E-state index is 0.00303. The molecule has 0 bridgehead atoms. The van der Waals surface area contributed by atoms with Gasteiger partial charge >= 0.3 is 5.97 Å². The number of carboxylic acid groups (broad SMARTS) is 1. The quantitative estimate of drug-likeness (QED) is 0.0900. The molecule has 1 amide bonds. The molecule has 5 atom stereocenters.